The standard InChI is InChI=1S/C24H21N3O2S/c1-15-23(16(2)29-26-15)18-11-22-24(25-13-18)20-10-9-19(30(3)28)12-21(20)27(22)14-17-7-5-4-6-8-17/h4-13H,14H2,1-3H3. The Balaban J connectivity index is 1.81. The molecule has 6 heteroatoms. The molecule has 1 unspecified atom stereocenters. The van der Waals surface area contributed by atoms with Gasteiger partial charge < -0.3 is 9.09 Å². The molecule has 2 aromatic carbocycles. The van der Waals surface area contributed by atoms with Crippen LogP contribution in [0.5, 0.6) is 0 Å². The van der Waals surface area contributed by atoms with Gasteiger partial charge in [0, 0.05) is 51.2 Å². The molecule has 0 saturated carbocycles. The van der Waals surface area contributed by atoms with E-state index >= 15 is 0 Å². The van der Waals surface area contributed by atoms with Crippen molar-refractivity contribution < 1.29 is 8.73 Å². The number of pyridine rings is 1. The Hall–Kier alpha value is -3.25. The Labute approximate surface area is 176 Å². The van der Waals surface area contributed by atoms with E-state index in [4.69, 9.17) is 9.51 Å². The second-order valence-corrected chi connectivity index (χ2v) is 8.88. The van der Waals surface area contributed by atoms with Gasteiger partial charge in [-0.05, 0) is 43.7 Å². The third kappa shape index (κ3) is 3.04. The fourth-order valence-electron chi connectivity index (χ4n) is 4.08. The van der Waals surface area contributed by atoms with E-state index in [-0.39, 0.29) is 0 Å². The summed E-state index contributed by atoms with van der Waals surface area (Å²) >= 11 is 0. The molecule has 5 nitrogen and oxygen atoms in total. The predicted octanol–water partition coefficient (Wildman–Crippen LogP) is 5.25. The van der Waals surface area contributed by atoms with Crippen molar-refractivity contribution in [2.45, 2.75) is 25.3 Å². The van der Waals surface area contributed by atoms with Gasteiger partial charge in [-0.3, -0.25) is 9.19 Å². The molecular formula is C24H21N3O2S. The molecule has 30 heavy (non-hydrogen) atoms. The zero-order chi connectivity index (χ0) is 20.8. The second-order valence-electron chi connectivity index (χ2n) is 7.50. The highest BCUT2D eigenvalue weighted by molar-refractivity contribution is 7.84. The second kappa shape index (κ2) is 7.22. The number of nitrogens with zero attached hydrogens (tertiary/aromatic N) is 3. The zero-order valence-electron chi connectivity index (χ0n) is 17.0. The summed E-state index contributed by atoms with van der Waals surface area (Å²) in [6.07, 6.45) is 3.59. The summed E-state index contributed by atoms with van der Waals surface area (Å²) in [6.45, 7) is 4.56. The van der Waals surface area contributed by atoms with E-state index in [1.807, 2.05) is 56.4 Å². The fourth-order valence-corrected chi connectivity index (χ4v) is 4.62. The summed E-state index contributed by atoms with van der Waals surface area (Å²) in [5, 5.41) is 5.15. The molecule has 0 saturated heterocycles. The lowest BCUT2D eigenvalue weighted by Gasteiger charge is -2.09. The van der Waals surface area contributed by atoms with Crippen LogP contribution >= 0.6 is 0 Å². The van der Waals surface area contributed by atoms with Crippen molar-refractivity contribution in [1.29, 1.82) is 0 Å². The van der Waals surface area contributed by atoms with Crippen LogP contribution in [-0.4, -0.2) is 25.2 Å². The smallest absolute Gasteiger partial charge is 0.141 e. The van der Waals surface area contributed by atoms with Gasteiger partial charge in [0.05, 0.1) is 22.2 Å². The molecule has 150 valence electrons. The highest BCUT2D eigenvalue weighted by Gasteiger charge is 2.17. The molecule has 0 spiro atoms. The number of rotatable bonds is 4. The average molecular weight is 416 g/mol. The van der Waals surface area contributed by atoms with Gasteiger partial charge in [-0.25, -0.2) is 0 Å². The molecule has 3 heterocycles. The molecule has 0 radical (unpaired) electrons. The molecular weight excluding hydrogens is 394 g/mol. The molecule has 0 aliphatic carbocycles. The number of benzene rings is 2. The lowest BCUT2D eigenvalue weighted by atomic mass is 10.1. The first kappa shape index (κ1) is 18.8. The molecule has 5 rings (SSSR count). The van der Waals surface area contributed by atoms with E-state index in [0.717, 1.165) is 49.4 Å². The third-order valence-electron chi connectivity index (χ3n) is 5.51. The Kier molecular flexibility index (Phi) is 4.51. The van der Waals surface area contributed by atoms with Gasteiger partial charge in [-0.2, -0.15) is 0 Å². The van der Waals surface area contributed by atoms with Crippen molar-refractivity contribution in [2.24, 2.45) is 0 Å². The number of hydrogen-bond donors (Lipinski definition) is 0. The summed E-state index contributed by atoms with van der Waals surface area (Å²) in [4.78, 5) is 5.63. The highest BCUT2D eigenvalue weighted by Crippen LogP contribution is 2.34. The molecule has 0 aliphatic rings. The molecule has 0 bridgehead atoms. The van der Waals surface area contributed by atoms with Crippen molar-refractivity contribution >= 4 is 32.7 Å². The van der Waals surface area contributed by atoms with Crippen molar-refractivity contribution in [3.05, 3.63) is 77.8 Å². The summed E-state index contributed by atoms with van der Waals surface area (Å²) in [5.41, 5.74) is 7.01. The number of aromatic nitrogens is 3. The van der Waals surface area contributed by atoms with Crippen molar-refractivity contribution in [3.63, 3.8) is 0 Å². The van der Waals surface area contributed by atoms with Gasteiger partial charge in [0.25, 0.3) is 0 Å². The number of fused-ring (bicyclic) bond motifs is 3. The lowest BCUT2D eigenvalue weighted by molar-refractivity contribution is 0.393. The maximum Gasteiger partial charge on any atom is 0.141 e. The summed E-state index contributed by atoms with van der Waals surface area (Å²) in [5.74, 6) is 0.781. The molecule has 0 aliphatic heterocycles. The lowest BCUT2D eigenvalue weighted by Crippen LogP contribution is -2.00. The largest absolute Gasteiger partial charge is 0.361 e. The van der Waals surface area contributed by atoms with Crippen molar-refractivity contribution in [3.8, 4) is 11.1 Å². The van der Waals surface area contributed by atoms with Crippen molar-refractivity contribution in [2.75, 3.05) is 6.26 Å². The minimum absolute atomic E-state index is 0.702. The van der Waals surface area contributed by atoms with Crippen LogP contribution in [0.15, 0.2) is 70.2 Å². The number of hydrogen-bond acceptors (Lipinski definition) is 4. The molecule has 1 atom stereocenters. The highest BCUT2D eigenvalue weighted by atomic mass is 32.2. The molecule has 5 aromatic rings. The van der Waals surface area contributed by atoms with Gasteiger partial charge in [0.15, 0.2) is 0 Å². The number of aryl methyl sites for hydroxylation is 2. The van der Waals surface area contributed by atoms with Crippen LogP contribution in [0.1, 0.15) is 17.0 Å². The fraction of sp³-hybridized carbons (Fsp3) is 0.167. The summed E-state index contributed by atoms with van der Waals surface area (Å²) in [7, 11) is -1.05. The Morgan fingerprint density at radius 1 is 1.03 bits per heavy atom. The maximum atomic E-state index is 12.1. The topological polar surface area (TPSA) is 60.9 Å². The zero-order valence-corrected chi connectivity index (χ0v) is 17.9. The predicted molar refractivity (Wildman–Crippen MR) is 120 cm³/mol. The normalized spacial score (nSPS) is 12.6. The minimum Gasteiger partial charge on any atom is -0.361 e. The van der Waals surface area contributed by atoms with E-state index in [0.29, 0.717) is 6.54 Å². The van der Waals surface area contributed by atoms with Gasteiger partial charge in [0.1, 0.15) is 5.76 Å². The third-order valence-corrected chi connectivity index (χ3v) is 6.43. The first-order valence-electron chi connectivity index (χ1n) is 9.75. The van der Waals surface area contributed by atoms with Gasteiger partial charge in [0.2, 0.25) is 0 Å². The van der Waals surface area contributed by atoms with Crippen LogP contribution in [0, 0.1) is 13.8 Å². The quantitative estimate of drug-likeness (QED) is 0.402. The van der Waals surface area contributed by atoms with Crippen LogP contribution < -0.4 is 0 Å². The van der Waals surface area contributed by atoms with Gasteiger partial charge >= 0.3 is 0 Å². The van der Waals surface area contributed by atoms with Crippen molar-refractivity contribution in [1.82, 2.24) is 14.7 Å². The molecule has 0 N–H and O–H groups in total. The Bertz CT molecular complexity index is 1400. The first-order chi connectivity index (χ1) is 14.5. The van der Waals surface area contributed by atoms with Crippen LogP contribution in [-0.2, 0) is 17.3 Å². The van der Waals surface area contributed by atoms with Crippen LogP contribution in [0.4, 0.5) is 0 Å². The van der Waals surface area contributed by atoms with E-state index in [9.17, 15) is 4.21 Å². The Morgan fingerprint density at radius 2 is 1.83 bits per heavy atom. The Morgan fingerprint density at radius 3 is 2.53 bits per heavy atom. The average Bonchev–Trinajstić information content (AvgIpc) is 3.25. The summed E-state index contributed by atoms with van der Waals surface area (Å²) in [6, 6.07) is 18.5. The van der Waals surface area contributed by atoms with Gasteiger partial charge in [-0.15, -0.1) is 0 Å². The van der Waals surface area contributed by atoms with E-state index in [1.165, 1.54) is 5.56 Å². The monoisotopic (exact) mass is 415 g/mol. The molecule has 0 amide bonds. The summed E-state index contributed by atoms with van der Waals surface area (Å²) < 4.78 is 19.8. The maximum absolute atomic E-state index is 12.1. The molecule has 0 fully saturated rings. The van der Waals surface area contributed by atoms with Gasteiger partial charge in [-0.1, -0.05) is 35.5 Å². The molecule has 3 aromatic heterocycles. The van der Waals surface area contributed by atoms with E-state index < -0.39 is 10.8 Å². The van der Waals surface area contributed by atoms with E-state index in [1.54, 1.807) is 6.26 Å². The minimum atomic E-state index is -1.05. The van der Waals surface area contributed by atoms with Crippen LogP contribution in [0.25, 0.3) is 33.1 Å². The SMILES string of the molecule is Cc1noc(C)c1-c1cnc2c3ccc(S(C)=O)cc3n(Cc3ccccc3)c2c1. The first-order valence-corrected chi connectivity index (χ1v) is 11.3. The van der Waals surface area contributed by atoms with Crippen LogP contribution in [0.2, 0.25) is 0 Å². The van der Waals surface area contributed by atoms with Crippen LogP contribution in [0.3, 0.4) is 0 Å². The van der Waals surface area contributed by atoms with E-state index in [2.05, 4.69) is 27.9 Å².